The zero-order valence-electron chi connectivity index (χ0n) is 10.5. The molecule has 0 aliphatic carbocycles. The smallest absolute Gasteiger partial charge is 0.138 e. The van der Waals surface area contributed by atoms with Gasteiger partial charge in [0.25, 0.3) is 0 Å². The lowest BCUT2D eigenvalue weighted by atomic mass is 9.99. The van der Waals surface area contributed by atoms with Crippen LogP contribution >= 0.6 is 59.4 Å². The third kappa shape index (κ3) is 3.57. The summed E-state index contributed by atoms with van der Waals surface area (Å²) in [4.78, 5) is 0. The molecule has 6 heteroatoms. The largest absolute Gasteiger partial charge is 0.495 e. The van der Waals surface area contributed by atoms with Crippen LogP contribution in [0.2, 0.25) is 5.02 Å². The zero-order chi connectivity index (χ0) is 14.9. The van der Waals surface area contributed by atoms with Crippen molar-refractivity contribution in [2.45, 2.75) is 6.04 Å². The lowest BCUT2D eigenvalue weighted by Crippen LogP contribution is -2.13. The Kier molecular flexibility index (Phi) is 5.54. The first-order valence-corrected chi connectivity index (χ1v) is 8.42. The summed E-state index contributed by atoms with van der Waals surface area (Å²) >= 11 is 16.5. The van der Waals surface area contributed by atoms with E-state index in [0.29, 0.717) is 10.8 Å². The molecule has 0 aliphatic heterocycles. The van der Waals surface area contributed by atoms with Crippen molar-refractivity contribution in [1.29, 1.82) is 0 Å². The molecule has 2 N–H and O–H groups in total. The molecule has 0 heterocycles. The number of hydrogen-bond donors (Lipinski definition) is 1. The van der Waals surface area contributed by atoms with Crippen LogP contribution in [0, 0.1) is 0 Å². The maximum Gasteiger partial charge on any atom is 0.138 e. The second-order valence-electron chi connectivity index (χ2n) is 4.19. The molecule has 0 radical (unpaired) electrons. The first-order chi connectivity index (χ1) is 9.42. The van der Waals surface area contributed by atoms with Crippen molar-refractivity contribution in [2.75, 3.05) is 7.11 Å². The van der Waals surface area contributed by atoms with Gasteiger partial charge in [-0.3, -0.25) is 0 Å². The van der Waals surface area contributed by atoms with Gasteiger partial charge in [-0.1, -0.05) is 43.5 Å². The molecule has 0 aromatic heterocycles. The van der Waals surface area contributed by atoms with Crippen LogP contribution in [0.3, 0.4) is 0 Å². The predicted molar refractivity (Wildman–Crippen MR) is 93.6 cm³/mol. The maximum atomic E-state index is 6.37. The van der Waals surface area contributed by atoms with Gasteiger partial charge >= 0.3 is 0 Å². The topological polar surface area (TPSA) is 35.2 Å². The number of nitrogens with two attached hydrogens (primary N) is 1. The Hall–Kier alpha value is -0.0700. The Labute approximate surface area is 148 Å². The Morgan fingerprint density at radius 2 is 1.65 bits per heavy atom. The molecular weight excluding hydrogens is 473 g/mol. The summed E-state index contributed by atoms with van der Waals surface area (Å²) in [5.74, 6) is 0.693. The van der Waals surface area contributed by atoms with Crippen LogP contribution in [0.4, 0.5) is 0 Å². The number of benzene rings is 2. The summed E-state index contributed by atoms with van der Waals surface area (Å²) in [7, 11) is 1.61. The molecular formula is C14H11Br3ClNO. The maximum absolute atomic E-state index is 6.37. The number of methoxy groups -OCH3 is 1. The normalized spacial score (nSPS) is 12.3. The molecule has 20 heavy (non-hydrogen) atoms. The van der Waals surface area contributed by atoms with Gasteiger partial charge in [0, 0.05) is 19.5 Å². The molecule has 2 aromatic rings. The van der Waals surface area contributed by atoms with E-state index in [9.17, 15) is 0 Å². The van der Waals surface area contributed by atoms with Crippen LogP contribution in [-0.4, -0.2) is 7.11 Å². The van der Waals surface area contributed by atoms with Crippen LogP contribution in [0.5, 0.6) is 5.75 Å². The molecule has 0 amide bonds. The number of hydrogen-bond acceptors (Lipinski definition) is 2. The van der Waals surface area contributed by atoms with E-state index < -0.39 is 0 Å². The summed E-state index contributed by atoms with van der Waals surface area (Å²) in [5, 5.41) is 0.609. The van der Waals surface area contributed by atoms with Gasteiger partial charge in [0.05, 0.1) is 17.6 Å². The minimum absolute atomic E-state index is 0.339. The number of rotatable bonds is 3. The van der Waals surface area contributed by atoms with Gasteiger partial charge in [0.2, 0.25) is 0 Å². The fourth-order valence-electron chi connectivity index (χ4n) is 1.96. The molecule has 0 saturated carbocycles. The summed E-state index contributed by atoms with van der Waals surface area (Å²) in [6.07, 6.45) is 0. The summed E-state index contributed by atoms with van der Waals surface area (Å²) in [6, 6.07) is 9.18. The molecule has 2 nitrogen and oxygen atoms in total. The fourth-order valence-corrected chi connectivity index (χ4v) is 4.29. The minimum atomic E-state index is -0.339. The van der Waals surface area contributed by atoms with E-state index in [4.69, 9.17) is 22.1 Å². The van der Waals surface area contributed by atoms with E-state index in [2.05, 4.69) is 47.8 Å². The monoisotopic (exact) mass is 481 g/mol. The Bertz CT molecular complexity index is 628. The SMILES string of the molecule is COc1c(Br)cc(Cl)cc1C(N)c1cc(Br)cc(Br)c1. The van der Waals surface area contributed by atoms with Crippen LogP contribution in [0.15, 0.2) is 43.7 Å². The van der Waals surface area contributed by atoms with Gasteiger partial charge in [-0.05, 0) is 51.8 Å². The van der Waals surface area contributed by atoms with Crippen molar-refractivity contribution < 1.29 is 4.74 Å². The second kappa shape index (κ2) is 6.79. The molecule has 2 rings (SSSR count). The van der Waals surface area contributed by atoms with Crippen molar-refractivity contribution in [3.8, 4) is 5.75 Å². The molecule has 106 valence electrons. The first kappa shape index (κ1) is 16.3. The molecule has 1 unspecified atom stereocenters. The van der Waals surface area contributed by atoms with Crippen LogP contribution in [0.1, 0.15) is 17.2 Å². The Morgan fingerprint density at radius 3 is 2.20 bits per heavy atom. The van der Waals surface area contributed by atoms with E-state index >= 15 is 0 Å². The van der Waals surface area contributed by atoms with Crippen molar-refractivity contribution >= 4 is 59.4 Å². The quantitative estimate of drug-likeness (QED) is 0.608. The predicted octanol–water partition coefficient (Wildman–Crippen LogP) is 5.68. The van der Waals surface area contributed by atoms with E-state index in [1.807, 2.05) is 24.3 Å². The first-order valence-electron chi connectivity index (χ1n) is 5.67. The van der Waals surface area contributed by atoms with Crippen molar-refractivity contribution in [3.63, 3.8) is 0 Å². The van der Waals surface area contributed by atoms with Gasteiger partial charge in [0.15, 0.2) is 0 Å². The lowest BCUT2D eigenvalue weighted by Gasteiger charge is -2.18. The molecule has 0 bridgehead atoms. The standard InChI is InChI=1S/C14H11Br3ClNO/c1-20-14-11(5-10(18)6-12(14)17)13(19)7-2-8(15)4-9(16)3-7/h2-6,13H,19H2,1H3. The average Bonchev–Trinajstić information content (AvgIpc) is 2.35. The van der Waals surface area contributed by atoms with Crippen molar-refractivity contribution in [3.05, 3.63) is 59.9 Å². The van der Waals surface area contributed by atoms with E-state index in [0.717, 1.165) is 24.5 Å². The molecule has 0 aliphatic rings. The highest BCUT2D eigenvalue weighted by atomic mass is 79.9. The van der Waals surface area contributed by atoms with Crippen molar-refractivity contribution in [1.82, 2.24) is 0 Å². The highest BCUT2D eigenvalue weighted by molar-refractivity contribution is 9.11. The Balaban J connectivity index is 2.55. The van der Waals surface area contributed by atoms with Crippen LogP contribution in [-0.2, 0) is 0 Å². The third-order valence-electron chi connectivity index (χ3n) is 2.82. The zero-order valence-corrected chi connectivity index (χ0v) is 16.0. The third-order valence-corrected chi connectivity index (χ3v) is 4.54. The van der Waals surface area contributed by atoms with Crippen LogP contribution < -0.4 is 10.5 Å². The summed E-state index contributed by atoms with van der Waals surface area (Å²) in [6.45, 7) is 0. The fraction of sp³-hybridized carbons (Fsp3) is 0.143. The van der Waals surface area contributed by atoms with E-state index in [1.54, 1.807) is 13.2 Å². The van der Waals surface area contributed by atoms with Gasteiger partial charge in [0.1, 0.15) is 5.75 Å². The van der Waals surface area contributed by atoms with E-state index in [1.165, 1.54) is 0 Å². The second-order valence-corrected chi connectivity index (χ2v) is 7.31. The van der Waals surface area contributed by atoms with Gasteiger partial charge in [-0.15, -0.1) is 0 Å². The Morgan fingerprint density at radius 1 is 1.05 bits per heavy atom. The highest BCUT2D eigenvalue weighted by Gasteiger charge is 2.18. The van der Waals surface area contributed by atoms with Crippen molar-refractivity contribution in [2.24, 2.45) is 5.73 Å². The summed E-state index contributed by atoms with van der Waals surface area (Å²) in [5.41, 5.74) is 8.15. The molecule has 0 saturated heterocycles. The molecule has 0 spiro atoms. The minimum Gasteiger partial charge on any atom is -0.495 e. The summed E-state index contributed by atoms with van der Waals surface area (Å²) < 4.78 is 8.12. The van der Waals surface area contributed by atoms with Crippen LogP contribution in [0.25, 0.3) is 0 Å². The van der Waals surface area contributed by atoms with Gasteiger partial charge in [-0.25, -0.2) is 0 Å². The lowest BCUT2D eigenvalue weighted by molar-refractivity contribution is 0.405. The van der Waals surface area contributed by atoms with Gasteiger partial charge < -0.3 is 10.5 Å². The number of ether oxygens (including phenoxy) is 1. The molecule has 0 fully saturated rings. The molecule has 1 atom stereocenters. The van der Waals surface area contributed by atoms with E-state index in [-0.39, 0.29) is 6.04 Å². The highest BCUT2D eigenvalue weighted by Crippen LogP contribution is 2.38. The number of halogens is 4. The molecule has 2 aromatic carbocycles. The average molecular weight is 484 g/mol. The van der Waals surface area contributed by atoms with Gasteiger partial charge in [-0.2, -0.15) is 0 Å².